The predicted octanol–water partition coefficient (Wildman–Crippen LogP) is 3.73. The van der Waals surface area contributed by atoms with Crippen molar-refractivity contribution in [3.63, 3.8) is 0 Å². The summed E-state index contributed by atoms with van der Waals surface area (Å²) in [5.41, 5.74) is 3.26. The summed E-state index contributed by atoms with van der Waals surface area (Å²) in [5, 5.41) is 8.63. The number of nitrogens with zero attached hydrogens (tertiary/aromatic N) is 2. The van der Waals surface area contributed by atoms with Crippen molar-refractivity contribution in [2.75, 3.05) is 10.6 Å². The third-order valence-corrected chi connectivity index (χ3v) is 4.77. The van der Waals surface area contributed by atoms with Gasteiger partial charge in [0.05, 0.1) is 5.69 Å². The fraction of sp³-hybridized carbons (Fsp3) is 0.158. The van der Waals surface area contributed by atoms with Crippen LogP contribution in [0.25, 0.3) is 0 Å². The maximum Gasteiger partial charge on any atom is 0.325 e. The second-order valence-electron chi connectivity index (χ2n) is 5.92. The minimum atomic E-state index is -0.405. The van der Waals surface area contributed by atoms with E-state index in [2.05, 4.69) is 25.9 Å². The molecule has 0 aliphatic heterocycles. The quantitative estimate of drug-likeness (QED) is 0.627. The third kappa shape index (κ3) is 5.11. The molecular weight excluding hydrogens is 362 g/mol. The molecule has 0 fully saturated rings. The molecule has 0 aliphatic carbocycles. The number of thiazole rings is 1. The molecule has 0 bridgehead atoms. The minimum absolute atomic E-state index is 0.228. The van der Waals surface area contributed by atoms with E-state index >= 15 is 0 Å². The lowest BCUT2D eigenvalue weighted by Crippen LogP contribution is -2.22. The van der Waals surface area contributed by atoms with Crippen LogP contribution in [-0.4, -0.2) is 21.9 Å². The highest BCUT2D eigenvalue weighted by Gasteiger charge is 2.16. The molecule has 0 unspecified atom stereocenters. The van der Waals surface area contributed by atoms with Gasteiger partial charge in [-0.25, -0.2) is 9.78 Å². The molecule has 0 atom stereocenters. The van der Waals surface area contributed by atoms with Gasteiger partial charge in [0.25, 0.3) is 5.91 Å². The van der Waals surface area contributed by atoms with Crippen LogP contribution in [0.4, 0.5) is 15.6 Å². The van der Waals surface area contributed by atoms with Gasteiger partial charge in [-0.1, -0.05) is 23.5 Å². The molecule has 3 aromatic rings. The summed E-state index contributed by atoms with van der Waals surface area (Å²) in [5.74, 6) is -0.228. The second kappa shape index (κ2) is 8.41. The van der Waals surface area contributed by atoms with Crippen molar-refractivity contribution >= 4 is 34.1 Å². The standard InChI is InChI=1S/C19H19N5O2S/c1-12-4-3-5-15(10-12)23-18(26)24-19-22-13(2)16(27-19)17(25)21-11-14-6-8-20-9-7-14/h3-10H,11H2,1-2H3,(H,21,25)(H2,22,23,24,26). The monoisotopic (exact) mass is 381 g/mol. The number of carbonyl (C=O) groups excluding carboxylic acids is 2. The van der Waals surface area contributed by atoms with Gasteiger partial charge in [-0.3, -0.25) is 15.1 Å². The first kappa shape index (κ1) is 18.5. The maximum absolute atomic E-state index is 12.4. The molecule has 7 nitrogen and oxygen atoms in total. The highest BCUT2D eigenvalue weighted by Crippen LogP contribution is 2.23. The van der Waals surface area contributed by atoms with E-state index in [1.807, 2.05) is 37.3 Å². The SMILES string of the molecule is Cc1cccc(NC(=O)Nc2nc(C)c(C(=O)NCc3ccncc3)s2)c1. The van der Waals surface area contributed by atoms with Gasteiger partial charge in [-0.05, 0) is 49.2 Å². The van der Waals surface area contributed by atoms with Crippen LogP contribution in [0, 0.1) is 13.8 Å². The lowest BCUT2D eigenvalue weighted by Gasteiger charge is -2.05. The lowest BCUT2D eigenvalue weighted by molar-refractivity contribution is 0.0954. The van der Waals surface area contributed by atoms with Gasteiger partial charge in [-0.15, -0.1) is 0 Å². The van der Waals surface area contributed by atoms with Crippen molar-refractivity contribution in [1.82, 2.24) is 15.3 Å². The van der Waals surface area contributed by atoms with E-state index in [0.717, 1.165) is 22.5 Å². The maximum atomic E-state index is 12.4. The number of nitrogens with one attached hydrogen (secondary N) is 3. The smallest absolute Gasteiger partial charge is 0.325 e. The van der Waals surface area contributed by atoms with Crippen molar-refractivity contribution in [1.29, 1.82) is 0 Å². The Hall–Kier alpha value is -3.26. The zero-order valence-electron chi connectivity index (χ0n) is 14.9. The van der Waals surface area contributed by atoms with Gasteiger partial charge in [0.15, 0.2) is 5.13 Å². The predicted molar refractivity (Wildman–Crippen MR) is 106 cm³/mol. The van der Waals surface area contributed by atoms with E-state index in [1.54, 1.807) is 25.4 Å². The Bertz CT molecular complexity index is 956. The van der Waals surface area contributed by atoms with Crippen LogP contribution < -0.4 is 16.0 Å². The molecule has 3 rings (SSSR count). The van der Waals surface area contributed by atoms with Crippen molar-refractivity contribution in [3.05, 3.63) is 70.5 Å². The summed E-state index contributed by atoms with van der Waals surface area (Å²) < 4.78 is 0. The van der Waals surface area contributed by atoms with Gasteiger partial charge in [0.2, 0.25) is 0 Å². The third-order valence-electron chi connectivity index (χ3n) is 3.70. The van der Waals surface area contributed by atoms with Crippen molar-refractivity contribution in [2.24, 2.45) is 0 Å². The highest BCUT2D eigenvalue weighted by atomic mass is 32.1. The first-order valence-corrected chi connectivity index (χ1v) is 9.12. The molecule has 2 aromatic heterocycles. The minimum Gasteiger partial charge on any atom is -0.347 e. The van der Waals surface area contributed by atoms with Gasteiger partial charge in [0, 0.05) is 24.6 Å². The van der Waals surface area contributed by atoms with Crippen LogP contribution in [0.15, 0.2) is 48.8 Å². The Kier molecular flexibility index (Phi) is 5.77. The molecule has 138 valence electrons. The normalized spacial score (nSPS) is 10.3. The van der Waals surface area contributed by atoms with Crippen LogP contribution in [0.3, 0.4) is 0 Å². The second-order valence-corrected chi connectivity index (χ2v) is 6.92. The fourth-order valence-corrected chi connectivity index (χ4v) is 3.28. The zero-order chi connectivity index (χ0) is 19.2. The molecule has 27 heavy (non-hydrogen) atoms. The Morgan fingerprint density at radius 2 is 1.85 bits per heavy atom. The van der Waals surface area contributed by atoms with Crippen LogP contribution in [0.1, 0.15) is 26.5 Å². The molecule has 0 spiro atoms. The lowest BCUT2D eigenvalue weighted by atomic mass is 10.2. The first-order chi connectivity index (χ1) is 13.0. The number of aromatic nitrogens is 2. The molecular formula is C19H19N5O2S. The Labute approximate surface area is 160 Å². The summed E-state index contributed by atoms with van der Waals surface area (Å²) in [6.45, 7) is 4.08. The summed E-state index contributed by atoms with van der Waals surface area (Å²) in [6.07, 6.45) is 3.35. The van der Waals surface area contributed by atoms with E-state index in [-0.39, 0.29) is 5.91 Å². The number of aryl methyl sites for hydroxylation is 2. The number of amides is 3. The van der Waals surface area contributed by atoms with Crippen molar-refractivity contribution < 1.29 is 9.59 Å². The number of hydrogen-bond donors (Lipinski definition) is 3. The molecule has 1 aromatic carbocycles. The topological polar surface area (TPSA) is 96.0 Å². The van der Waals surface area contributed by atoms with E-state index in [0.29, 0.717) is 27.9 Å². The first-order valence-electron chi connectivity index (χ1n) is 8.30. The largest absolute Gasteiger partial charge is 0.347 e. The van der Waals surface area contributed by atoms with Gasteiger partial charge < -0.3 is 10.6 Å². The molecule has 0 aliphatic rings. The Morgan fingerprint density at radius 3 is 2.59 bits per heavy atom. The van der Waals surface area contributed by atoms with E-state index < -0.39 is 6.03 Å². The number of pyridine rings is 1. The Morgan fingerprint density at radius 1 is 1.07 bits per heavy atom. The molecule has 2 heterocycles. The number of anilines is 2. The number of hydrogen-bond acceptors (Lipinski definition) is 5. The average molecular weight is 381 g/mol. The number of carbonyl (C=O) groups is 2. The van der Waals surface area contributed by atoms with Gasteiger partial charge in [-0.2, -0.15) is 0 Å². The Balaban J connectivity index is 1.60. The molecule has 0 saturated heterocycles. The zero-order valence-corrected chi connectivity index (χ0v) is 15.8. The summed E-state index contributed by atoms with van der Waals surface area (Å²) in [4.78, 5) is 33.2. The average Bonchev–Trinajstić information content (AvgIpc) is 3.00. The van der Waals surface area contributed by atoms with Crippen LogP contribution in [0.2, 0.25) is 0 Å². The molecule has 0 saturated carbocycles. The van der Waals surface area contributed by atoms with Crippen LogP contribution >= 0.6 is 11.3 Å². The van der Waals surface area contributed by atoms with E-state index in [1.165, 1.54) is 0 Å². The van der Waals surface area contributed by atoms with Gasteiger partial charge >= 0.3 is 6.03 Å². The van der Waals surface area contributed by atoms with E-state index in [9.17, 15) is 9.59 Å². The summed E-state index contributed by atoms with van der Waals surface area (Å²) >= 11 is 1.14. The van der Waals surface area contributed by atoms with Crippen LogP contribution in [-0.2, 0) is 6.54 Å². The van der Waals surface area contributed by atoms with Crippen LogP contribution in [0.5, 0.6) is 0 Å². The molecule has 3 N–H and O–H groups in total. The van der Waals surface area contributed by atoms with Crippen molar-refractivity contribution in [3.8, 4) is 0 Å². The highest BCUT2D eigenvalue weighted by molar-refractivity contribution is 7.17. The number of benzene rings is 1. The molecule has 0 radical (unpaired) electrons. The summed E-state index contributed by atoms with van der Waals surface area (Å²) in [7, 11) is 0. The van der Waals surface area contributed by atoms with E-state index in [4.69, 9.17) is 0 Å². The number of urea groups is 1. The van der Waals surface area contributed by atoms with Crippen molar-refractivity contribution in [2.45, 2.75) is 20.4 Å². The van der Waals surface area contributed by atoms with Gasteiger partial charge in [0.1, 0.15) is 4.88 Å². The fourth-order valence-electron chi connectivity index (χ4n) is 2.41. The summed E-state index contributed by atoms with van der Waals surface area (Å²) in [6, 6.07) is 10.7. The molecule has 3 amide bonds. The number of rotatable bonds is 5. The molecule has 8 heteroatoms.